The zero-order chi connectivity index (χ0) is 21.7. The lowest BCUT2D eigenvalue weighted by Gasteiger charge is -2.35. The molecule has 1 aliphatic rings. The van der Waals surface area contributed by atoms with Gasteiger partial charge < -0.3 is 15.1 Å². The normalized spacial score (nSPS) is 14.8. The van der Waals surface area contributed by atoms with E-state index in [1.54, 1.807) is 0 Å². The van der Waals surface area contributed by atoms with Crippen LogP contribution in [0, 0.1) is 17.8 Å². The van der Waals surface area contributed by atoms with E-state index in [1.807, 2.05) is 37.2 Å². The van der Waals surface area contributed by atoms with Gasteiger partial charge in [0.15, 0.2) is 0 Å². The van der Waals surface area contributed by atoms with E-state index < -0.39 is 0 Å². The molecule has 2 amide bonds. The summed E-state index contributed by atoms with van der Waals surface area (Å²) < 4.78 is 0. The Labute approximate surface area is 176 Å². The van der Waals surface area contributed by atoms with Gasteiger partial charge in [-0.05, 0) is 62.3 Å². The van der Waals surface area contributed by atoms with Gasteiger partial charge in [-0.1, -0.05) is 27.7 Å². The third-order valence-electron chi connectivity index (χ3n) is 6.19. The summed E-state index contributed by atoms with van der Waals surface area (Å²) in [5.41, 5.74) is 2.96. The fraction of sp³-hybridized carbons (Fsp3) is 0.667. The fourth-order valence-electron chi connectivity index (χ4n) is 3.65. The maximum Gasteiger partial charge on any atom is 0.227 e. The average Bonchev–Trinajstić information content (AvgIpc) is 3.51. The molecule has 0 heterocycles. The van der Waals surface area contributed by atoms with Crippen LogP contribution in [0.2, 0.25) is 0 Å². The Morgan fingerprint density at radius 2 is 1.72 bits per heavy atom. The Morgan fingerprint density at radius 3 is 2.21 bits per heavy atom. The second kappa shape index (κ2) is 10.1. The van der Waals surface area contributed by atoms with Crippen molar-refractivity contribution in [3.8, 4) is 0 Å². The Hall–Kier alpha value is -2.04. The predicted octanol–water partition coefficient (Wildman–Crippen LogP) is 4.91. The maximum atomic E-state index is 13.3. The number of carbonyl (C=O) groups excluding carboxylic acids is 2. The van der Waals surface area contributed by atoms with Crippen molar-refractivity contribution >= 4 is 23.2 Å². The third-order valence-corrected chi connectivity index (χ3v) is 6.19. The van der Waals surface area contributed by atoms with E-state index in [-0.39, 0.29) is 29.7 Å². The van der Waals surface area contributed by atoms with E-state index in [1.165, 1.54) is 0 Å². The average molecular weight is 402 g/mol. The van der Waals surface area contributed by atoms with Gasteiger partial charge in [0, 0.05) is 49.9 Å². The number of nitrogens with zero attached hydrogens (tertiary/aromatic N) is 2. The smallest absolute Gasteiger partial charge is 0.227 e. The van der Waals surface area contributed by atoms with Gasteiger partial charge in [-0.2, -0.15) is 0 Å². The molecule has 1 fully saturated rings. The van der Waals surface area contributed by atoms with Crippen molar-refractivity contribution in [1.82, 2.24) is 4.90 Å². The summed E-state index contributed by atoms with van der Waals surface area (Å²) in [6.45, 7) is 11.2. The van der Waals surface area contributed by atoms with Crippen LogP contribution in [0.3, 0.4) is 0 Å². The number of hydrogen-bond donors (Lipinski definition) is 1. The van der Waals surface area contributed by atoms with Gasteiger partial charge in [0.05, 0.1) is 0 Å². The molecular weight excluding hydrogens is 362 g/mol. The molecule has 0 aromatic heterocycles. The van der Waals surface area contributed by atoms with Crippen LogP contribution < -0.4 is 10.2 Å². The molecule has 5 nitrogen and oxygen atoms in total. The molecule has 5 heteroatoms. The number of hydrogen-bond acceptors (Lipinski definition) is 3. The first-order chi connectivity index (χ1) is 13.7. The van der Waals surface area contributed by atoms with Crippen LogP contribution in [-0.2, 0) is 16.1 Å². The van der Waals surface area contributed by atoms with Crippen molar-refractivity contribution in [3.05, 3.63) is 23.8 Å². The maximum absolute atomic E-state index is 13.3. The fourth-order valence-corrected chi connectivity index (χ4v) is 3.65. The van der Waals surface area contributed by atoms with Gasteiger partial charge in [-0.15, -0.1) is 0 Å². The molecule has 0 aliphatic heterocycles. The van der Waals surface area contributed by atoms with E-state index in [9.17, 15) is 9.59 Å². The standard InChI is InChI=1S/C24H39N3O2/c1-8-18(9-2)24(29)27(17(5)16(3)4)15-20-14-21(12-13-22(20)26(6)7)25-23(28)19-10-11-19/h12-14,16-19H,8-11,15H2,1-7H3,(H,25,28). The summed E-state index contributed by atoms with van der Waals surface area (Å²) in [7, 11) is 4.03. The second-order valence-electron chi connectivity index (χ2n) is 8.97. The number of amides is 2. The lowest BCUT2D eigenvalue weighted by molar-refractivity contribution is -0.139. The summed E-state index contributed by atoms with van der Waals surface area (Å²) in [5.74, 6) is 0.925. The lowest BCUT2D eigenvalue weighted by Crippen LogP contribution is -2.44. The molecule has 0 spiro atoms. The topological polar surface area (TPSA) is 52.7 Å². The van der Waals surface area contributed by atoms with Crippen LogP contribution in [0.5, 0.6) is 0 Å². The Morgan fingerprint density at radius 1 is 1.10 bits per heavy atom. The number of benzene rings is 1. The first kappa shape index (κ1) is 23.2. The molecule has 1 saturated carbocycles. The molecule has 162 valence electrons. The SMILES string of the molecule is CCC(CC)C(=O)N(Cc1cc(NC(=O)C2CC2)ccc1N(C)C)C(C)C(C)C. The molecular formula is C24H39N3O2. The molecule has 29 heavy (non-hydrogen) atoms. The minimum atomic E-state index is 0.0526. The monoisotopic (exact) mass is 401 g/mol. The van der Waals surface area contributed by atoms with Crippen molar-refractivity contribution in [1.29, 1.82) is 0 Å². The molecule has 1 aliphatic carbocycles. The van der Waals surface area contributed by atoms with Crippen LogP contribution in [0.4, 0.5) is 11.4 Å². The predicted molar refractivity (Wildman–Crippen MR) is 121 cm³/mol. The van der Waals surface area contributed by atoms with E-state index in [2.05, 4.69) is 44.8 Å². The van der Waals surface area contributed by atoms with E-state index in [0.717, 1.165) is 42.6 Å². The first-order valence-electron chi connectivity index (χ1n) is 11.1. The van der Waals surface area contributed by atoms with Gasteiger partial charge in [-0.3, -0.25) is 9.59 Å². The molecule has 1 aromatic rings. The minimum absolute atomic E-state index is 0.0526. The number of anilines is 2. The van der Waals surface area contributed by atoms with Gasteiger partial charge in [0.25, 0.3) is 0 Å². The summed E-state index contributed by atoms with van der Waals surface area (Å²) in [6.07, 6.45) is 3.68. The van der Waals surface area contributed by atoms with Crippen LogP contribution in [0.15, 0.2) is 18.2 Å². The first-order valence-corrected chi connectivity index (χ1v) is 11.1. The van der Waals surface area contributed by atoms with Crippen molar-refractivity contribution < 1.29 is 9.59 Å². The molecule has 1 unspecified atom stereocenters. The Bertz CT molecular complexity index is 706. The van der Waals surface area contributed by atoms with E-state index in [4.69, 9.17) is 0 Å². The molecule has 0 saturated heterocycles. The number of nitrogens with one attached hydrogen (secondary N) is 1. The van der Waals surface area contributed by atoms with Gasteiger partial charge >= 0.3 is 0 Å². The van der Waals surface area contributed by atoms with Crippen molar-refractivity contribution in [2.24, 2.45) is 17.8 Å². The quantitative estimate of drug-likeness (QED) is 0.606. The van der Waals surface area contributed by atoms with Crippen LogP contribution in [0.25, 0.3) is 0 Å². The summed E-state index contributed by atoms with van der Waals surface area (Å²) in [4.78, 5) is 29.7. The summed E-state index contributed by atoms with van der Waals surface area (Å²) >= 11 is 0. The van der Waals surface area contributed by atoms with Crippen molar-refractivity contribution in [2.75, 3.05) is 24.3 Å². The van der Waals surface area contributed by atoms with E-state index in [0.29, 0.717) is 12.5 Å². The zero-order valence-electron chi connectivity index (χ0n) is 19.3. The van der Waals surface area contributed by atoms with E-state index >= 15 is 0 Å². The largest absolute Gasteiger partial charge is 0.377 e. The molecule has 0 bridgehead atoms. The van der Waals surface area contributed by atoms with Gasteiger partial charge in [0.1, 0.15) is 0 Å². The summed E-state index contributed by atoms with van der Waals surface area (Å²) in [6, 6.07) is 6.17. The highest BCUT2D eigenvalue weighted by Crippen LogP contribution is 2.32. The zero-order valence-corrected chi connectivity index (χ0v) is 19.3. The van der Waals surface area contributed by atoms with Crippen molar-refractivity contribution in [2.45, 2.75) is 72.9 Å². The van der Waals surface area contributed by atoms with Crippen LogP contribution in [0.1, 0.15) is 65.9 Å². The van der Waals surface area contributed by atoms with Gasteiger partial charge in [-0.25, -0.2) is 0 Å². The molecule has 2 rings (SSSR count). The highest BCUT2D eigenvalue weighted by Gasteiger charge is 2.30. The summed E-state index contributed by atoms with van der Waals surface area (Å²) in [5, 5.41) is 3.05. The Balaban J connectivity index is 2.35. The molecule has 1 N–H and O–H groups in total. The van der Waals surface area contributed by atoms with Crippen molar-refractivity contribution in [3.63, 3.8) is 0 Å². The van der Waals surface area contributed by atoms with Crippen LogP contribution >= 0.6 is 0 Å². The molecule has 0 radical (unpaired) electrons. The molecule has 1 atom stereocenters. The number of carbonyl (C=O) groups is 2. The third kappa shape index (κ3) is 5.97. The Kier molecular flexibility index (Phi) is 8.12. The lowest BCUT2D eigenvalue weighted by atomic mass is 9.97. The molecule has 1 aromatic carbocycles. The second-order valence-corrected chi connectivity index (χ2v) is 8.97. The number of rotatable bonds is 10. The van der Waals surface area contributed by atoms with Gasteiger partial charge in [0.2, 0.25) is 11.8 Å². The minimum Gasteiger partial charge on any atom is -0.377 e. The highest BCUT2D eigenvalue weighted by molar-refractivity contribution is 5.94. The van der Waals surface area contributed by atoms with Crippen LogP contribution in [-0.4, -0.2) is 36.9 Å². The highest BCUT2D eigenvalue weighted by atomic mass is 16.2.